The van der Waals surface area contributed by atoms with Crippen molar-refractivity contribution in [1.29, 1.82) is 0 Å². The summed E-state index contributed by atoms with van der Waals surface area (Å²) >= 11 is 0. The lowest BCUT2D eigenvalue weighted by Gasteiger charge is -2.34. The Morgan fingerprint density at radius 3 is 2.14 bits per heavy atom. The average Bonchev–Trinajstić information content (AvgIpc) is 3.45. The van der Waals surface area contributed by atoms with Crippen LogP contribution in [0, 0.1) is 11.7 Å². The Balaban J connectivity index is 1.35. The van der Waals surface area contributed by atoms with Crippen LogP contribution in [-0.4, -0.2) is 37.9 Å². The van der Waals surface area contributed by atoms with Gasteiger partial charge in [-0.3, -0.25) is 4.79 Å². The smallest absolute Gasteiger partial charge is 0.343 e. The predicted molar refractivity (Wildman–Crippen MR) is 135 cm³/mol. The lowest BCUT2D eigenvalue weighted by molar-refractivity contribution is 0.0735. The van der Waals surface area contributed by atoms with Gasteiger partial charge in [0.1, 0.15) is 5.82 Å². The third-order valence-electron chi connectivity index (χ3n) is 6.96. The normalized spacial score (nSPS) is 16.4. The van der Waals surface area contributed by atoms with E-state index in [-0.39, 0.29) is 23.5 Å². The van der Waals surface area contributed by atoms with Crippen molar-refractivity contribution in [3.8, 4) is 5.75 Å². The number of Topliss-reactive ketones (excluding diaryl/α,β-unsaturated/α-hetero) is 1. The third-order valence-corrected chi connectivity index (χ3v) is 6.96. The molecule has 35 heavy (non-hydrogen) atoms. The number of benzene rings is 3. The summed E-state index contributed by atoms with van der Waals surface area (Å²) in [6.07, 6.45) is 3.74. The molecule has 180 valence electrons. The topological polar surface area (TPSA) is 49.9 Å². The highest BCUT2D eigenvalue weighted by Crippen LogP contribution is 2.37. The summed E-state index contributed by atoms with van der Waals surface area (Å²) in [5, 5.41) is 0. The zero-order chi connectivity index (χ0) is 24.2. The Labute approximate surface area is 205 Å². The molecule has 0 atom stereocenters. The number of anilines is 2. The Hall–Kier alpha value is -3.67. The van der Waals surface area contributed by atoms with Crippen molar-refractivity contribution in [3.63, 3.8) is 0 Å². The van der Waals surface area contributed by atoms with Gasteiger partial charge in [-0.1, -0.05) is 18.2 Å². The fraction of sp³-hybridized carbons (Fsp3) is 0.310. The fourth-order valence-electron chi connectivity index (χ4n) is 4.98. The van der Waals surface area contributed by atoms with Crippen molar-refractivity contribution < 1.29 is 18.7 Å². The minimum absolute atomic E-state index is 0.0613. The van der Waals surface area contributed by atoms with E-state index in [2.05, 4.69) is 15.9 Å². The maximum absolute atomic E-state index is 13.3. The van der Waals surface area contributed by atoms with E-state index in [1.54, 1.807) is 24.3 Å². The average molecular weight is 473 g/mol. The van der Waals surface area contributed by atoms with Crippen LogP contribution in [0.1, 0.15) is 46.4 Å². The Bertz CT molecular complexity index is 1180. The number of hydrogen-bond donors (Lipinski definition) is 0. The maximum atomic E-state index is 13.3. The molecule has 3 aromatic rings. The van der Waals surface area contributed by atoms with Crippen molar-refractivity contribution in [2.75, 3.05) is 36.0 Å². The molecule has 2 heterocycles. The first-order valence-electron chi connectivity index (χ1n) is 12.3. The first-order valence-corrected chi connectivity index (χ1v) is 12.3. The molecule has 0 aliphatic carbocycles. The molecule has 2 aliphatic heterocycles. The lowest BCUT2D eigenvalue weighted by atomic mass is 9.88. The van der Waals surface area contributed by atoms with Crippen LogP contribution in [0.2, 0.25) is 0 Å². The van der Waals surface area contributed by atoms with Crippen molar-refractivity contribution in [1.82, 2.24) is 0 Å². The highest BCUT2D eigenvalue weighted by atomic mass is 19.1. The van der Waals surface area contributed by atoms with Gasteiger partial charge in [-0.15, -0.1) is 0 Å². The number of ether oxygens (including phenoxy) is 1. The highest BCUT2D eigenvalue weighted by Gasteiger charge is 2.28. The number of piperidine rings is 1. The summed E-state index contributed by atoms with van der Waals surface area (Å²) in [7, 11) is 0. The molecule has 0 spiro atoms. The van der Waals surface area contributed by atoms with Gasteiger partial charge in [-0.2, -0.15) is 0 Å². The first-order chi connectivity index (χ1) is 17.1. The summed E-state index contributed by atoms with van der Waals surface area (Å²) in [6.45, 7) is 3.40. The Morgan fingerprint density at radius 1 is 0.771 bits per heavy atom. The van der Waals surface area contributed by atoms with Crippen LogP contribution in [0.5, 0.6) is 5.75 Å². The van der Waals surface area contributed by atoms with E-state index in [4.69, 9.17) is 4.74 Å². The molecule has 0 bridgehead atoms. The molecule has 5 nitrogen and oxygen atoms in total. The van der Waals surface area contributed by atoms with Crippen LogP contribution in [0.3, 0.4) is 0 Å². The molecule has 6 heteroatoms. The number of carbonyl (C=O) groups excluding carboxylic acids is 2. The standard InChI is InChI=1S/C29H29FN2O3/c30-24-10-8-21(9-11-24)28(33)22-14-18-32(19-15-22)26-20-25(31-16-4-5-17-31)12-13-27(26)35-29(34)23-6-2-1-3-7-23/h1-3,6-13,20,22H,4-5,14-19H2. The largest absolute Gasteiger partial charge is 0.421 e. The molecule has 0 saturated carbocycles. The summed E-state index contributed by atoms with van der Waals surface area (Å²) in [5.74, 6) is -0.237. The van der Waals surface area contributed by atoms with Crippen LogP contribution in [0.4, 0.5) is 15.8 Å². The summed E-state index contributed by atoms with van der Waals surface area (Å²) in [6, 6.07) is 20.8. The Morgan fingerprint density at radius 2 is 1.46 bits per heavy atom. The lowest BCUT2D eigenvalue weighted by Crippen LogP contribution is -2.37. The van der Waals surface area contributed by atoms with E-state index in [1.807, 2.05) is 30.3 Å². The minimum atomic E-state index is -0.387. The van der Waals surface area contributed by atoms with Crippen LogP contribution >= 0.6 is 0 Å². The number of hydrogen-bond acceptors (Lipinski definition) is 5. The van der Waals surface area contributed by atoms with Gasteiger partial charge >= 0.3 is 5.97 Å². The Kier molecular flexibility index (Phi) is 6.80. The zero-order valence-corrected chi connectivity index (χ0v) is 19.7. The molecule has 0 aromatic heterocycles. The fourth-order valence-corrected chi connectivity index (χ4v) is 4.98. The van der Waals surface area contributed by atoms with Crippen LogP contribution < -0.4 is 14.5 Å². The molecule has 5 rings (SSSR count). The van der Waals surface area contributed by atoms with E-state index in [0.29, 0.717) is 42.8 Å². The third kappa shape index (κ3) is 5.21. The maximum Gasteiger partial charge on any atom is 0.343 e. The van der Waals surface area contributed by atoms with Gasteiger partial charge in [-0.25, -0.2) is 9.18 Å². The van der Waals surface area contributed by atoms with Crippen molar-refractivity contribution in [2.24, 2.45) is 5.92 Å². The van der Waals surface area contributed by atoms with Crippen LogP contribution in [0.25, 0.3) is 0 Å². The van der Waals surface area contributed by atoms with Gasteiger partial charge in [0.05, 0.1) is 11.3 Å². The number of halogens is 1. The van der Waals surface area contributed by atoms with Gasteiger partial charge in [0.15, 0.2) is 11.5 Å². The van der Waals surface area contributed by atoms with Gasteiger partial charge in [-0.05, 0) is 80.3 Å². The second kappa shape index (κ2) is 10.3. The number of esters is 1. The highest BCUT2D eigenvalue weighted by molar-refractivity contribution is 5.98. The molecule has 2 aliphatic rings. The monoisotopic (exact) mass is 472 g/mol. The molecular formula is C29H29FN2O3. The molecule has 2 saturated heterocycles. The second-order valence-corrected chi connectivity index (χ2v) is 9.23. The summed E-state index contributed by atoms with van der Waals surface area (Å²) in [5.41, 5.74) is 3.07. The molecule has 0 amide bonds. The van der Waals surface area contributed by atoms with E-state index in [0.717, 1.165) is 24.5 Å². The summed E-state index contributed by atoms with van der Waals surface area (Å²) in [4.78, 5) is 30.3. The van der Waals surface area contributed by atoms with E-state index in [1.165, 1.54) is 25.0 Å². The predicted octanol–water partition coefficient (Wildman–Crippen LogP) is 5.74. The van der Waals surface area contributed by atoms with Gasteiger partial charge in [0.25, 0.3) is 0 Å². The van der Waals surface area contributed by atoms with E-state index < -0.39 is 0 Å². The van der Waals surface area contributed by atoms with Crippen molar-refractivity contribution in [2.45, 2.75) is 25.7 Å². The van der Waals surface area contributed by atoms with Gasteiger partial charge in [0.2, 0.25) is 0 Å². The van der Waals surface area contributed by atoms with Crippen molar-refractivity contribution >= 4 is 23.1 Å². The van der Waals surface area contributed by atoms with E-state index >= 15 is 0 Å². The first kappa shape index (κ1) is 23.1. The van der Waals surface area contributed by atoms with Gasteiger partial charge in [0, 0.05) is 43.3 Å². The molecule has 0 unspecified atom stereocenters. The van der Waals surface area contributed by atoms with Crippen LogP contribution in [0.15, 0.2) is 72.8 Å². The van der Waals surface area contributed by atoms with E-state index in [9.17, 15) is 14.0 Å². The zero-order valence-electron chi connectivity index (χ0n) is 19.7. The molecular weight excluding hydrogens is 443 g/mol. The number of rotatable bonds is 6. The van der Waals surface area contributed by atoms with Gasteiger partial charge < -0.3 is 14.5 Å². The molecule has 0 radical (unpaired) electrons. The second-order valence-electron chi connectivity index (χ2n) is 9.23. The molecule has 0 N–H and O–H groups in total. The SMILES string of the molecule is O=C(Oc1ccc(N2CCCC2)cc1N1CCC(C(=O)c2ccc(F)cc2)CC1)c1ccccc1. The number of carbonyl (C=O) groups is 2. The van der Waals surface area contributed by atoms with Crippen LogP contribution in [-0.2, 0) is 0 Å². The minimum Gasteiger partial charge on any atom is -0.421 e. The molecule has 3 aromatic carbocycles. The quantitative estimate of drug-likeness (QED) is 0.260. The number of nitrogens with zero attached hydrogens (tertiary/aromatic N) is 2. The van der Waals surface area contributed by atoms with Crippen molar-refractivity contribution in [3.05, 3.63) is 89.7 Å². The summed E-state index contributed by atoms with van der Waals surface area (Å²) < 4.78 is 19.1. The molecule has 2 fully saturated rings. The number of ketones is 1.